The highest BCUT2D eigenvalue weighted by atomic mass is 19.1. The zero-order valence-electron chi connectivity index (χ0n) is 23.8. The molecule has 0 radical (unpaired) electrons. The number of hydrogen-bond donors (Lipinski definition) is 0. The molecule has 3 aromatic carbocycles. The molecule has 1 aliphatic rings. The molecule has 0 bridgehead atoms. The molecule has 7 heteroatoms. The van der Waals surface area contributed by atoms with Crippen molar-refractivity contribution >= 4 is 5.97 Å². The Balaban J connectivity index is 1.23. The van der Waals surface area contributed by atoms with Crippen LogP contribution in [0.15, 0.2) is 89.5 Å². The minimum Gasteiger partial charge on any atom is -0.493 e. The number of hydrogen-bond acceptors (Lipinski definition) is 6. The maximum Gasteiger partial charge on any atom is 0.316 e. The van der Waals surface area contributed by atoms with Crippen LogP contribution in [0.3, 0.4) is 0 Å². The molecule has 2 heterocycles. The van der Waals surface area contributed by atoms with Crippen LogP contribution in [-0.2, 0) is 21.4 Å². The first-order valence-corrected chi connectivity index (χ1v) is 14.1. The average Bonchev–Trinajstić information content (AvgIpc) is 3.76. The number of aryl methyl sites for hydroxylation is 1. The number of nitrogens with zero attached hydrogens (tertiary/aromatic N) is 2. The minimum absolute atomic E-state index is 0.129. The van der Waals surface area contributed by atoms with Crippen molar-refractivity contribution < 1.29 is 23.2 Å². The number of methoxy groups -OCH3 is 1. The van der Waals surface area contributed by atoms with Gasteiger partial charge in [-0.1, -0.05) is 65.8 Å². The number of aromatic nitrogens is 2. The van der Waals surface area contributed by atoms with E-state index in [2.05, 4.69) is 29.4 Å². The SMILES string of the molecule is CCOC(=O)C1(c2ccc(-c3ccc(-c4onc(C)c4Cc4cccc(-c5cccc(F)c5OC)n4)cc3)cc2)CC1. The zero-order valence-corrected chi connectivity index (χ0v) is 23.8. The summed E-state index contributed by atoms with van der Waals surface area (Å²) in [7, 11) is 1.45. The first kappa shape index (κ1) is 27.4. The highest BCUT2D eigenvalue weighted by molar-refractivity contribution is 5.87. The summed E-state index contributed by atoms with van der Waals surface area (Å²) in [5, 5.41) is 4.25. The Morgan fingerprint density at radius 3 is 2.26 bits per heavy atom. The van der Waals surface area contributed by atoms with Gasteiger partial charge in [0.2, 0.25) is 0 Å². The van der Waals surface area contributed by atoms with Crippen LogP contribution in [0.4, 0.5) is 4.39 Å². The van der Waals surface area contributed by atoms with E-state index in [0.29, 0.717) is 30.0 Å². The first-order chi connectivity index (χ1) is 20.4. The fraction of sp³-hybridized carbons (Fsp3) is 0.229. The second kappa shape index (κ2) is 11.2. The first-order valence-electron chi connectivity index (χ1n) is 14.1. The van der Waals surface area contributed by atoms with Crippen molar-refractivity contribution in [3.63, 3.8) is 0 Å². The maximum absolute atomic E-state index is 14.3. The third kappa shape index (κ3) is 5.07. The molecular weight excluding hydrogens is 531 g/mol. The van der Waals surface area contributed by atoms with Gasteiger partial charge in [0.1, 0.15) is 0 Å². The third-order valence-electron chi connectivity index (χ3n) is 7.93. The molecule has 0 N–H and O–H groups in total. The van der Waals surface area contributed by atoms with Crippen molar-refractivity contribution in [1.82, 2.24) is 10.1 Å². The second-order valence-corrected chi connectivity index (χ2v) is 10.5. The summed E-state index contributed by atoms with van der Waals surface area (Å²) in [6.45, 7) is 4.15. The van der Waals surface area contributed by atoms with Gasteiger partial charge in [-0.3, -0.25) is 9.78 Å². The fourth-order valence-corrected chi connectivity index (χ4v) is 5.45. The molecular formula is C35H31FN2O4. The van der Waals surface area contributed by atoms with Gasteiger partial charge in [-0.2, -0.15) is 0 Å². The summed E-state index contributed by atoms with van der Waals surface area (Å²) >= 11 is 0. The maximum atomic E-state index is 14.3. The lowest BCUT2D eigenvalue weighted by molar-refractivity contribution is -0.146. The number of para-hydroxylation sites is 1. The topological polar surface area (TPSA) is 74.5 Å². The van der Waals surface area contributed by atoms with E-state index >= 15 is 0 Å². The molecule has 5 aromatic rings. The van der Waals surface area contributed by atoms with Crippen molar-refractivity contribution in [3.8, 4) is 39.5 Å². The third-order valence-corrected chi connectivity index (χ3v) is 7.93. The van der Waals surface area contributed by atoms with Gasteiger partial charge in [-0.05, 0) is 67.6 Å². The lowest BCUT2D eigenvalue weighted by atomic mass is 9.93. The average molecular weight is 563 g/mol. The molecule has 42 heavy (non-hydrogen) atoms. The van der Waals surface area contributed by atoms with Crippen LogP contribution in [0.25, 0.3) is 33.7 Å². The summed E-state index contributed by atoms with van der Waals surface area (Å²) < 4.78 is 30.7. The Kier molecular flexibility index (Phi) is 7.33. The Morgan fingerprint density at radius 1 is 0.929 bits per heavy atom. The van der Waals surface area contributed by atoms with Crippen molar-refractivity contribution in [2.75, 3.05) is 13.7 Å². The molecule has 6 nitrogen and oxygen atoms in total. The molecule has 1 aliphatic carbocycles. The Hall–Kier alpha value is -4.78. The molecule has 212 valence electrons. The van der Waals surface area contributed by atoms with Crippen LogP contribution >= 0.6 is 0 Å². The number of halogens is 1. The quantitative estimate of drug-likeness (QED) is 0.171. The molecule has 2 aromatic heterocycles. The molecule has 0 unspecified atom stereocenters. The van der Waals surface area contributed by atoms with Crippen molar-refractivity contribution in [1.29, 1.82) is 0 Å². The van der Waals surface area contributed by atoms with E-state index in [0.717, 1.165) is 52.0 Å². The molecule has 0 spiro atoms. The molecule has 0 saturated heterocycles. The number of ether oxygens (including phenoxy) is 2. The number of esters is 1. The summed E-state index contributed by atoms with van der Waals surface area (Å²) in [5.74, 6) is 0.304. The van der Waals surface area contributed by atoms with Crippen LogP contribution in [0.5, 0.6) is 5.75 Å². The van der Waals surface area contributed by atoms with Crippen LogP contribution in [0.1, 0.15) is 42.3 Å². The largest absolute Gasteiger partial charge is 0.493 e. The molecule has 0 atom stereocenters. The molecule has 1 saturated carbocycles. The fourth-order valence-electron chi connectivity index (χ4n) is 5.45. The number of pyridine rings is 1. The molecule has 0 amide bonds. The lowest BCUT2D eigenvalue weighted by Gasteiger charge is -2.14. The summed E-state index contributed by atoms with van der Waals surface area (Å²) in [6.07, 6.45) is 2.16. The van der Waals surface area contributed by atoms with E-state index in [1.165, 1.54) is 13.2 Å². The lowest BCUT2D eigenvalue weighted by Crippen LogP contribution is -2.23. The minimum atomic E-state index is -0.476. The predicted octanol–water partition coefficient (Wildman–Crippen LogP) is 7.71. The molecule has 6 rings (SSSR count). The van der Waals surface area contributed by atoms with Gasteiger partial charge in [-0.25, -0.2) is 4.39 Å². The zero-order chi connectivity index (χ0) is 29.3. The van der Waals surface area contributed by atoms with Gasteiger partial charge in [0, 0.05) is 28.8 Å². The highest BCUT2D eigenvalue weighted by Gasteiger charge is 2.52. The summed E-state index contributed by atoms with van der Waals surface area (Å²) in [6, 6.07) is 26.8. The van der Waals surface area contributed by atoms with E-state index in [1.807, 2.05) is 56.3 Å². The van der Waals surface area contributed by atoms with Gasteiger partial charge in [-0.15, -0.1) is 0 Å². The van der Waals surface area contributed by atoms with Crippen LogP contribution < -0.4 is 4.74 Å². The Morgan fingerprint density at radius 2 is 1.60 bits per heavy atom. The van der Waals surface area contributed by atoms with Gasteiger partial charge in [0.25, 0.3) is 0 Å². The number of benzene rings is 3. The monoisotopic (exact) mass is 562 g/mol. The summed E-state index contributed by atoms with van der Waals surface area (Å²) in [4.78, 5) is 17.3. The van der Waals surface area contributed by atoms with E-state index in [9.17, 15) is 9.18 Å². The smallest absolute Gasteiger partial charge is 0.316 e. The highest BCUT2D eigenvalue weighted by Crippen LogP contribution is 2.49. The van der Waals surface area contributed by atoms with Crippen LogP contribution in [-0.4, -0.2) is 29.8 Å². The number of rotatable bonds is 9. The van der Waals surface area contributed by atoms with Gasteiger partial charge >= 0.3 is 5.97 Å². The van der Waals surface area contributed by atoms with Crippen molar-refractivity contribution in [3.05, 3.63) is 113 Å². The van der Waals surface area contributed by atoms with Crippen molar-refractivity contribution in [2.45, 2.75) is 38.5 Å². The van der Waals surface area contributed by atoms with Gasteiger partial charge in [0.15, 0.2) is 17.3 Å². The van der Waals surface area contributed by atoms with E-state index < -0.39 is 11.2 Å². The van der Waals surface area contributed by atoms with Gasteiger partial charge < -0.3 is 14.0 Å². The molecule has 0 aliphatic heterocycles. The summed E-state index contributed by atoms with van der Waals surface area (Å²) in [5.41, 5.74) is 7.33. The molecule has 1 fully saturated rings. The van der Waals surface area contributed by atoms with Crippen LogP contribution in [0.2, 0.25) is 0 Å². The Labute approximate surface area is 244 Å². The van der Waals surface area contributed by atoms with Gasteiger partial charge in [0.05, 0.1) is 30.5 Å². The number of carbonyl (C=O) groups is 1. The standard InChI is InChI=1S/C35H31FN2O4/c1-4-41-34(39)35(19-20-35)26-17-15-24(16-18-26)23-11-13-25(14-12-23)32-29(22(2)38-42-32)21-27-7-5-10-31(37-27)28-8-6-9-30(36)33(28)40-3/h5-18H,4,19-21H2,1-3H3. The van der Waals surface area contributed by atoms with Crippen LogP contribution in [0, 0.1) is 12.7 Å². The number of carbonyl (C=O) groups excluding carboxylic acids is 1. The Bertz CT molecular complexity index is 1740. The predicted molar refractivity (Wildman–Crippen MR) is 159 cm³/mol. The van der Waals surface area contributed by atoms with E-state index in [-0.39, 0.29) is 11.7 Å². The normalized spacial score (nSPS) is 13.5. The van der Waals surface area contributed by atoms with Crippen molar-refractivity contribution in [2.24, 2.45) is 0 Å². The van der Waals surface area contributed by atoms with E-state index in [4.69, 9.17) is 19.0 Å². The van der Waals surface area contributed by atoms with E-state index in [1.54, 1.807) is 12.1 Å². The second-order valence-electron chi connectivity index (χ2n) is 10.5.